The first-order valence-corrected chi connectivity index (χ1v) is 11.1. The number of nitrogens with one attached hydrogen (secondary N) is 1. The van der Waals surface area contributed by atoms with Gasteiger partial charge in [0.15, 0.2) is 5.13 Å². The van der Waals surface area contributed by atoms with Gasteiger partial charge in [-0.2, -0.15) is 13.2 Å². The number of nitrogens with zero attached hydrogens (tertiary/aromatic N) is 4. The van der Waals surface area contributed by atoms with Crippen LogP contribution in [0.2, 0.25) is 5.02 Å². The fourth-order valence-corrected chi connectivity index (χ4v) is 4.77. The van der Waals surface area contributed by atoms with Crippen molar-refractivity contribution >= 4 is 39.9 Å². The number of pyridine rings is 1. The number of urea groups is 1. The summed E-state index contributed by atoms with van der Waals surface area (Å²) in [4.78, 5) is 25.7. The van der Waals surface area contributed by atoms with Gasteiger partial charge in [-0.05, 0) is 24.8 Å². The first-order valence-electron chi connectivity index (χ1n) is 9.88. The van der Waals surface area contributed by atoms with E-state index in [0.717, 1.165) is 22.8 Å². The molecule has 1 aliphatic rings. The van der Waals surface area contributed by atoms with Gasteiger partial charge in [0.1, 0.15) is 5.82 Å². The normalized spacial score (nSPS) is 15.7. The fourth-order valence-electron chi connectivity index (χ4n) is 3.47. The molecule has 3 rings (SSSR count). The first kappa shape index (κ1) is 23.6. The van der Waals surface area contributed by atoms with E-state index in [0.29, 0.717) is 43.5 Å². The molecule has 2 aromatic rings. The highest BCUT2D eigenvalue weighted by atomic mass is 35.5. The van der Waals surface area contributed by atoms with Crippen LogP contribution in [0, 0.1) is 6.92 Å². The van der Waals surface area contributed by atoms with Crippen LogP contribution in [0.15, 0.2) is 12.3 Å². The average Bonchev–Trinajstić information content (AvgIpc) is 2.87. The minimum Gasteiger partial charge on any atom is -0.354 e. The molecule has 11 heteroatoms. The summed E-state index contributed by atoms with van der Waals surface area (Å²) in [5.41, 5.74) is -0.0369. The van der Waals surface area contributed by atoms with E-state index >= 15 is 0 Å². The van der Waals surface area contributed by atoms with Gasteiger partial charge in [0.05, 0.1) is 16.3 Å². The zero-order chi connectivity index (χ0) is 23.0. The van der Waals surface area contributed by atoms with Gasteiger partial charge in [-0.1, -0.05) is 32.4 Å². The van der Waals surface area contributed by atoms with Crippen molar-refractivity contribution in [1.82, 2.24) is 14.9 Å². The van der Waals surface area contributed by atoms with Crippen LogP contribution in [-0.4, -0.2) is 47.1 Å². The maximum atomic E-state index is 12.8. The Morgan fingerprint density at radius 2 is 1.90 bits per heavy atom. The van der Waals surface area contributed by atoms with E-state index in [2.05, 4.69) is 36.1 Å². The fraction of sp³-hybridized carbons (Fsp3) is 0.550. The van der Waals surface area contributed by atoms with Crippen molar-refractivity contribution in [2.45, 2.75) is 45.7 Å². The molecule has 31 heavy (non-hydrogen) atoms. The summed E-state index contributed by atoms with van der Waals surface area (Å²) in [5, 5.41) is 3.37. The van der Waals surface area contributed by atoms with E-state index in [1.807, 2.05) is 6.92 Å². The lowest BCUT2D eigenvalue weighted by atomic mass is 9.94. The van der Waals surface area contributed by atoms with Gasteiger partial charge in [-0.3, -0.25) is 5.32 Å². The zero-order valence-electron chi connectivity index (χ0n) is 17.8. The Balaban J connectivity index is 1.66. The van der Waals surface area contributed by atoms with Crippen molar-refractivity contribution in [2.24, 2.45) is 0 Å². The first-order chi connectivity index (χ1) is 14.4. The van der Waals surface area contributed by atoms with Crippen LogP contribution in [-0.2, 0) is 11.6 Å². The Hall–Kier alpha value is -2.07. The molecule has 0 unspecified atom stereocenters. The van der Waals surface area contributed by atoms with Crippen molar-refractivity contribution in [2.75, 3.05) is 36.4 Å². The summed E-state index contributed by atoms with van der Waals surface area (Å²) in [6, 6.07) is 0.638. The quantitative estimate of drug-likeness (QED) is 0.617. The number of aromatic nitrogens is 2. The second-order valence-electron chi connectivity index (χ2n) is 8.47. The number of thiazole rings is 1. The molecule has 0 saturated carbocycles. The Bertz CT molecular complexity index is 957. The molecule has 0 atom stereocenters. The molecule has 1 N–H and O–H groups in total. The van der Waals surface area contributed by atoms with Crippen LogP contribution in [0.1, 0.15) is 43.3 Å². The summed E-state index contributed by atoms with van der Waals surface area (Å²) >= 11 is 7.55. The molecule has 170 valence electrons. The van der Waals surface area contributed by atoms with E-state index < -0.39 is 11.7 Å². The third-order valence-corrected chi connectivity index (χ3v) is 6.70. The summed E-state index contributed by atoms with van der Waals surface area (Å²) in [7, 11) is 0. The third-order valence-electron chi connectivity index (χ3n) is 4.92. The summed E-state index contributed by atoms with van der Waals surface area (Å²) < 4.78 is 38.5. The smallest absolute Gasteiger partial charge is 0.354 e. The minimum atomic E-state index is -4.50. The minimum absolute atomic E-state index is 0.0538. The number of anilines is 2. The summed E-state index contributed by atoms with van der Waals surface area (Å²) in [6.45, 7) is 10.1. The molecular formula is C20H25ClF3N5OS. The third kappa shape index (κ3) is 5.60. The Morgan fingerprint density at radius 1 is 1.19 bits per heavy atom. The molecule has 1 saturated heterocycles. The van der Waals surface area contributed by atoms with Crippen molar-refractivity contribution in [3.05, 3.63) is 33.4 Å². The largest absolute Gasteiger partial charge is 0.417 e. The molecule has 1 fully saturated rings. The molecule has 0 aliphatic carbocycles. The van der Waals surface area contributed by atoms with Crippen LogP contribution in [0.3, 0.4) is 0 Å². The van der Waals surface area contributed by atoms with Crippen LogP contribution in [0.25, 0.3) is 0 Å². The molecule has 2 aromatic heterocycles. The van der Waals surface area contributed by atoms with Gasteiger partial charge in [0.25, 0.3) is 0 Å². The highest BCUT2D eigenvalue weighted by Gasteiger charge is 2.32. The van der Waals surface area contributed by atoms with Gasteiger partial charge in [0, 0.05) is 37.3 Å². The number of carbonyl (C=O) groups is 1. The van der Waals surface area contributed by atoms with Crippen LogP contribution >= 0.6 is 22.9 Å². The van der Waals surface area contributed by atoms with E-state index in [9.17, 15) is 18.0 Å². The Labute approximate surface area is 188 Å². The van der Waals surface area contributed by atoms with Crippen molar-refractivity contribution in [3.63, 3.8) is 0 Å². The van der Waals surface area contributed by atoms with E-state index in [-0.39, 0.29) is 16.5 Å². The molecule has 0 bridgehead atoms. The summed E-state index contributed by atoms with van der Waals surface area (Å²) in [6.07, 6.45) is -3.07. The number of rotatable bonds is 2. The van der Waals surface area contributed by atoms with Crippen molar-refractivity contribution in [3.8, 4) is 0 Å². The number of amides is 2. The summed E-state index contributed by atoms with van der Waals surface area (Å²) in [5.74, 6) is 0.294. The van der Waals surface area contributed by atoms with Gasteiger partial charge < -0.3 is 9.80 Å². The van der Waals surface area contributed by atoms with E-state index in [1.165, 1.54) is 11.3 Å². The lowest BCUT2D eigenvalue weighted by Gasteiger charge is -2.24. The lowest BCUT2D eigenvalue weighted by Crippen LogP contribution is -2.38. The van der Waals surface area contributed by atoms with Crippen molar-refractivity contribution in [1.29, 1.82) is 0 Å². The number of carbonyl (C=O) groups excluding carboxylic acids is 1. The highest BCUT2D eigenvalue weighted by Crippen LogP contribution is 2.35. The van der Waals surface area contributed by atoms with Gasteiger partial charge in [0.2, 0.25) is 0 Å². The van der Waals surface area contributed by atoms with Gasteiger partial charge in [-0.15, -0.1) is 11.3 Å². The van der Waals surface area contributed by atoms with E-state index in [4.69, 9.17) is 11.6 Å². The predicted octanol–water partition coefficient (Wildman–Crippen LogP) is 5.56. The van der Waals surface area contributed by atoms with Crippen molar-refractivity contribution < 1.29 is 18.0 Å². The standard InChI is InChI=1S/C20H25ClF3N5OS/c1-12-15(19(2,3)4)31-17(26-12)27-18(30)29-7-5-6-28(8-9-29)16-14(21)10-13(11-25-16)20(22,23)24/h10-11H,5-9H2,1-4H3,(H,26,27,30). The molecule has 0 radical (unpaired) electrons. The highest BCUT2D eigenvalue weighted by molar-refractivity contribution is 7.16. The molecule has 2 amide bonds. The molecule has 0 spiro atoms. The number of halogens is 4. The van der Waals surface area contributed by atoms with E-state index in [1.54, 1.807) is 9.80 Å². The molecule has 6 nitrogen and oxygen atoms in total. The van der Waals surface area contributed by atoms with Crippen LogP contribution in [0.5, 0.6) is 0 Å². The number of aryl methyl sites for hydroxylation is 1. The monoisotopic (exact) mass is 475 g/mol. The Kier molecular flexibility index (Phi) is 6.71. The second kappa shape index (κ2) is 8.82. The average molecular weight is 476 g/mol. The maximum absolute atomic E-state index is 12.8. The van der Waals surface area contributed by atoms with Crippen LogP contribution in [0.4, 0.5) is 28.9 Å². The lowest BCUT2D eigenvalue weighted by molar-refractivity contribution is -0.137. The number of hydrogen-bond acceptors (Lipinski definition) is 5. The predicted molar refractivity (Wildman–Crippen MR) is 117 cm³/mol. The SMILES string of the molecule is Cc1nc(NC(=O)N2CCCN(c3ncc(C(F)(F)F)cc3Cl)CC2)sc1C(C)(C)C. The maximum Gasteiger partial charge on any atom is 0.417 e. The second-order valence-corrected chi connectivity index (χ2v) is 9.87. The van der Waals surface area contributed by atoms with Gasteiger partial charge in [-0.25, -0.2) is 14.8 Å². The number of hydrogen-bond donors (Lipinski definition) is 1. The van der Waals surface area contributed by atoms with Crippen LogP contribution < -0.4 is 10.2 Å². The molecule has 3 heterocycles. The topological polar surface area (TPSA) is 61.4 Å². The zero-order valence-corrected chi connectivity index (χ0v) is 19.4. The van der Waals surface area contributed by atoms with Gasteiger partial charge >= 0.3 is 12.2 Å². The Morgan fingerprint density at radius 3 is 2.48 bits per heavy atom. The molecule has 1 aliphatic heterocycles. The molecule has 0 aromatic carbocycles. The molecular weight excluding hydrogens is 451 g/mol. The number of alkyl halides is 3.